The fourth-order valence-corrected chi connectivity index (χ4v) is 2.03. The Kier molecular flexibility index (Phi) is 3.76. The van der Waals surface area contributed by atoms with Gasteiger partial charge in [-0.05, 0) is 24.6 Å². The molecule has 1 aromatic carbocycles. The Labute approximate surface area is 104 Å². The van der Waals surface area contributed by atoms with Crippen molar-refractivity contribution in [1.82, 2.24) is 10.2 Å². The van der Waals surface area contributed by atoms with Crippen LogP contribution in [-0.2, 0) is 4.79 Å². The van der Waals surface area contributed by atoms with Crippen LogP contribution in [-0.4, -0.2) is 30.5 Å². The topological polar surface area (TPSA) is 41.6 Å². The Bertz CT molecular complexity index is 423. The zero-order valence-corrected chi connectivity index (χ0v) is 9.90. The van der Waals surface area contributed by atoms with E-state index in [0.717, 1.165) is 5.56 Å². The van der Waals surface area contributed by atoms with Crippen molar-refractivity contribution in [2.45, 2.75) is 19.7 Å². The van der Waals surface area contributed by atoms with Gasteiger partial charge in [-0.3, -0.25) is 10.1 Å². The number of hydrogen-bond donors (Lipinski definition) is 1. The molecule has 0 aliphatic carbocycles. The minimum atomic E-state index is -2.82. The van der Waals surface area contributed by atoms with Crippen LogP contribution in [0, 0.1) is 0 Å². The molecule has 98 valence electrons. The highest BCUT2D eigenvalue weighted by molar-refractivity contribution is 5.80. The molecule has 0 radical (unpaired) electrons. The highest BCUT2D eigenvalue weighted by Gasteiger charge is 2.29. The van der Waals surface area contributed by atoms with Crippen LogP contribution >= 0.6 is 0 Å². The first kappa shape index (κ1) is 12.8. The smallest absolute Gasteiger partial charge is 0.387 e. The van der Waals surface area contributed by atoms with E-state index in [4.69, 9.17) is 0 Å². The molecular weight excluding hydrogens is 242 g/mol. The fourth-order valence-electron chi connectivity index (χ4n) is 2.03. The lowest BCUT2D eigenvalue weighted by Gasteiger charge is -2.23. The zero-order chi connectivity index (χ0) is 13.1. The van der Waals surface area contributed by atoms with Crippen LogP contribution in [0.1, 0.15) is 18.7 Å². The maximum Gasteiger partial charge on any atom is 0.387 e. The molecule has 1 heterocycles. The van der Waals surface area contributed by atoms with E-state index in [0.29, 0.717) is 13.1 Å². The number of likely N-dealkylation sites (N-methyl/N-ethyl adjacent to an activating group) is 1. The highest BCUT2D eigenvalue weighted by Crippen LogP contribution is 2.24. The number of hydrogen-bond acceptors (Lipinski definition) is 3. The van der Waals surface area contributed by atoms with Gasteiger partial charge in [0.1, 0.15) is 11.9 Å². The summed E-state index contributed by atoms with van der Waals surface area (Å²) in [5, 5.41) is 3.07. The van der Waals surface area contributed by atoms with Crippen molar-refractivity contribution in [1.29, 1.82) is 0 Å². The zero-order valence-electron chi connectivity index (χ0n) is 9.90. The molecule has 1 aromatic rings. The fraction of sp³-hybridized carbons (Fsp3) is 0.417. The van der Waals surface area contributed by atoms with E-state index in [1.54, 1.807) is 17.0 Å². The first-order valence-corrected chi connectivity index (χ1v) is 5.69. The van der Waals surface area contributed by atoms with Crippen molar-refractivity contribution in [3.63, 3.8) is 0 Å². The van der Waals surface area contributed by atoms with Crippen LogP contribution in [0.4, 0.5) is 8.78 Å². The molecule has 0 aromatic heterocycles. The summed E-state index contributed by atoms with van der Waals surface area (Å²) in [7, 11) is 0. The Morgan fingerprint density at radius 1 is 1.44 bits per heavy atom. The third-order valence-electron chi connectivity index (χ3n) is 2.84. The van der Waals surface area contributed by atoms with Crippen LogP contribution in [0.5, 0.6) is 5.75 Å². The molecule has 18 heavy (non-hydrogen) atoms. The van der Waals surface area contributed by atoms with Crippen molar-refractivity contribution in [2.75, 3.05) is 13.1 Å². The second kappa shape index (κ2) is 5.30. The average molecular weight is 256 g/mol. The summed E-state index contributed by atoms with van der Waals surface area (Å²) in [4.78, 5) is 13.2. The van der Waals surface area contributed by atoms with E-state index < -0.39 is 6.61 Å². The summed E-state index contributed by atoms with van der Waals surface area (Å²) < 4.78 is 28.3. The lowest BCUT2D eigenvalue weighted by atomic mass is 10.1. The highest BCUT2D eigenvalue weighted by atomic mass is 19.3. The number of alkyl halides is 2. The number of rotatable bonds is 4. The summed E-state index contributed by atoms with van der Waals surface area (Å²) in [6.45, 7) is -0.0275. The number of carbonyl (C=O) groups is 1. The minimum absolute atomic E-state index is 0.0374. The molecule has 6 heteroatoms. The molecule has 0 saturated carbocycles. The third-order valence-corrected chi connectivity index (χ3v) is 2.84. The van der Waals surface area contributed by atoms with Crippen LogP contribution in [0.15, 0.2) is 24.3 Å². The molecule has 1 aliphatic rings. The van der Waals surface area contributed by atoms with E-state index in [1.165, 1.54) is 12.1 Å². The average Bonchev–Trinajstić information content (AvgIpc) is 2.70. The van der Waals surface area contributed by atoms with Gasteiger partial charge in [-0.15, -0.1) is 0 Å². The number of halogens is 2. The lowest BCUT2D eigenvalue weighted by Crippen LogP contribution is -2.29. The van der Waals surface area contributed by atoms with E-state index in [-0.39, 0.29) is 17.8 Å². The molecule has 1 N–H and O–H groups in total. The van der Waals surface area contributed by atoms with Gasteiger partial charge in [0, 0.05) is 6.54 Å². The summed E-state index contributed by atoms with van der Waals surface area (Å²) in [5.74, 6) is 0.150. The van der Waals surface area contributed by atoms with Crippen molar-refractivity contribution < 1.29 is 18.3 Å². The van der Waals surface area contributed by atoms with Gasteiger partial charge in [-0.2, -0.15) is 8.78 Å². The molecule has 0 bridgehead atoms. The van der Waals surface area contributed by atoms with Crippen LogP contribution in [0.3, 0.4) is 0 Å². The van der Waals surface area contributed by atoms with Crippen LogP contribution in [0.25, 0.3) is 0 Å². The molecule has 1 saturated heterocycles. The van der Waals surface area contributed by atoms with Gasteiger partial charge in [0.05, 0.1) is 6.54 Å². The minimum Gasteiger partial charge on any atom is -0.435 e. The predicted octanol–water partition coefficient (Wildman–Crippen LogP) is 1.74. The van der Waals surface area contributed by atoms with Crippen molar-refractivity contribution in [3.8, 4) is 5.75 Å². The maximum atomic E-state index is 12.0. The van der Waals surface area contributed by atoms with Gasteiger partial charge in [-0.25, -0.2) is 0 Å². The second-order valence-electron chi connectivity index (χ2n) is 3.91. The van der Waals surface area contributed by atoms with Gasteiger partial charge in [0.15, 0.2) is 0 Å². The van der Waals surface area contributed by atoms with Gasteiger partial charge in [0.2, 0.25) is 5.91 Å². The molecule has 1 atom stereocenters. The number of nitrogens with one attached hydrogen (secondary N) is 1. The maximum absolute atomic E-state index is 12.0. The number of nitrogens with zero attached hydrogens (tertiary/aromatic N) is 1. The van der Waals surface area contributed by atoms with Crippen LogP contribution < -0.4 is 10.1 Å². The van der Waals surface area contributed by atoms with E-state index in [2.05, 4.69) is 10.1 Å². The van der Waals surface area contributed by atoms with E-state index >= 15 is 0 Å². The quantitative estimate of drug-likeness (QED) is 0.892. The van der Waals surface area contributed by atoms with Gasteiger partial charge >= 0.3 is 6.61 Å². The van der Waals surface area contributed by atoms with E-state index in [1.807, 2.05) is 6.92 Å². The predicted molar refractivity (Wildman–Crippen MR) is 61.2 cm³/mol. The van der Waals surface area contributed by atoms with Crippen molar-refractivity contribution >= 4 is 5.91 Å². The molecule has 1 fully saturated rings. The molecular formula is C12H14F2N2O2. The first-order chi connectivity index (χ1) is 8.61. The number of amides is 1. The summed E-state index contributed by atoms with van der Waals surface area (Å²) in [6, 6.07) is 6.30. The standard InChI is InChI=1S/C12H14F2N2O2/c1-2-16-10(17)7-15-11(16)8-3-5-9(6-4-8)18-12(13)14/h3-6,11-12,15H,2,7H2,1H3. The molecule has 4 nitrogen and oxygen atoms in total. The largest absolute Gasteiger partial charge is 0.435 e. The summed E-state index contributed by atoms with van der Waals surface area (Å²) >= 11 is 0. The Morgan fingerprint density at radius 3 is 2.67 bits per heavy atom. The van der Waals surface area contributed by atoms with Gasteiger partial charge in [-0.1, -0.05) is 12.1 Å². The molecule has 1 aliphatic heterocycles. The Morgan fingerprint density at radius 2 is 2.11 bits per heavy atom. The Balaban J connectivity index is 2.12. The monoisotopic (exact) mass is 256 g/mol. The van der Waals surface area contributed by atoms with Gasteiger partial charge in [0.25, 0.3) is 0 Å². The van der Waals surface area contributed by atoms with Crippen LogP contribution in [0.2, 0.25) is 0 Å². The first-order valence-electron chi connectivity index (χ1n) is 5.69. The summed E-state index contributed by atoms with van der Waals surface area (Å²) in [5.41, 5.74) is 0.851. The van der Waals surface area contributed by atoms with Crippen molar-refractivity contribution in [2.24, 2.45) is 0 Å². The molecule has 2 rings (SSSR count). The second-order valence-corrected chi connectivity index (χ2v) is 3.91. The lowest BCUT2D eigenvalue weighted by molar-refractivity contribution is -0.127. The molecule has 1 amide bonds. The summed E-state index contributed by atoms with van der Waals surface area (Å²) in [6.07, 6.45) is -0.192. The normalized spacial score (nSPS) is 19.7. The van der Waals surface area contributed by atoms with Gasteiger partial charge < -0.3 is 9.64 Å². The molecule has 0 spiro atoms. The third kappa shape index (κ3) is 2.59. The van der Waals surface area contributed by atoms with E-state index in [9.17, 15) is 13.6 Å². The number of benzene rings is 1. The molecule has 1 unspecified atom stereocenters. The number of carbonyl (C=O) groups excluding carboxylic acids is 1. The number of ether oxygens (including phenoxy) is 1. The Hall–Kier alpha value is -1.69. The van der Waals surface area contributed by atoms with Crippen molar-refractivity contribution in [3.05, 3.63) is 29.8 Å². The SMILES string of the molecule is CCN1C(=O)CNC1c1ccc(OC(F)F)cc1.